The van der Waals surface area contributed by atoms with Gasteiger partial charge in [0.05, 0.1) is 17.9 Å². The van der Waals surface area contributed by atoms with Crippen LogP contribution in [-0.2, 0) is 26.4 Å². The molecule has 104 valence electrons. The van der Waals surface area contributed by atoms with E-state index in [4.69, 9.17) is 0 Å². The molecule has 0 radical (unpaired) electrons. The van der Waals surface area contributed by atoms with Crippen molar-refractivity contribution >= 4 is 5.96 Å². The van der Waals surface area contributed by atoms with E-state index in [1.54, 1.807) is 0 Å². The lowest BCUT2D eigenvalue weighted by molar-refractivity contribution is 0.444. The molecule has 0 saturated heterocycles. The maximum atomic E-state index is 4.66. The van der Waals surface area contributed by atoms with Crippen molar-refractivity contribution in [1.82, 2.24) is 20.0 Å². The van der Waals surface area contributed by atoms with Crippen LogP contribution in [0.5, 0.6) is 0 Å². The Morgan fingerprint density at radius 3 is 2.84 bits per heavy atom. The van der Waals surface area contributed by atoms with E-state index < -0.39 is 0 Å². The highest BCUT2D eigenvalue weighted by Crippen LogP contribution is 2.23. The second-order valence-electron chi connectivity index (χ2n) is 5.54. The standard InChI is InChI=1S/C14H23N5/c1-18-9-5-8-15-14(18)16-10-13-11-6-3-4-7-12(11)17-19(13)2/h3-10H2,1-2H3,(H,15,16). The van der Waals surface area contributed by atoms with Crippen molar-refractivity contribution in [2.24, 2.45) is 12.0 Å². The molecular weight excluding hydrogens is 238 g/mol. The van der Waals surface area contributed by atoms with Crippen LogP contribution < -0.4 is 5.32 Å². The molecule has 0 saturated carbocycles. The lowest BCUT2D eigenvalue weighted by Gasteiger charge is -2.26. The molecule has 0 atom stereocenters. The molecule has 1 aliphatic carbocycles. The molecule has 2 heterocycles. The van der Waals surface area contributed by atoms with Gasteiger partial charge in [-0.05, 0) is 37.7 Å². The van der Waals surface area contributed by atoms with Gasteiger partial charge in [0, 0.05) is 27.2 Å². The highest BCUT2D eigenvalue weighted by atomic mass is 15.3. The molecule has 5 nitrogen and oxygen atoms in total. The number of fused-ring (bicyclic) bond motifs is 1. The molecule has 5 heteroatoms. The van der Waals surface area contributed by atoms with E-state index in [9.17, 15) is 0 Å². The van der Waals surface area contributed by atoms with Crippen LogP contribution in [0.25, 0.3) is 0 Å². The summed E-state index contributed by atoms with van der Waals surface area (Å²) in [6, 6.07) is 0. The summed E-state index contributed by atoms with van der Waals surface area (Å²) in [7, 11) is 4.16. The van der Waals surface area contributed by atoms with Gasteiger partial charge in [0.15, 0.2) is 5.96 Å². The first-order chi connectivity index (χ1) is 9.25. The minimum Gasteiger partial charge on any atom is -0.351 e. The van der Waals surface area contributed by atoms with Gasteiger partial charge in [0.25, 0.3) is 0 Å². The predicted molar refractivity (Wildman–Crippen MR) is 76.2 cm³/mol. The molecule has 0 unspecified atom stereocenters. The van der Waals surface area contributed by atoms with Crippen molar-refractivity contribution in [3.63, 3.8) is 0 Å². The summed E-state index contributed by atoms with van der Waals surface area (Å²) in [6.45, 7) is 2.87. The van der Waals surface area contributed by atoms with Crippen molar-refractivity contribution in [3.8, 4) is 0 Å². The Morgan fingerprint density at radius 1 is 1.16 bits per heavy atom. The summed E-state index contributed by atoms with van der Waals surface area (Å²) in [5.41, 5.74) is 4.11. The summed E-state index contributed by atoms with van der Waals surface area (Å²) in [5.74, 6) is 1.03. The SMILES string of the molecule is CN1CCCN=C1NCc1c2c(nn1C)CCCC2. The summed E-state index contributed by atoms with van der Waals surface area (Å²) < 4.78 is 2.05. The molecule has 1 N–H and O–H groups in total. The van der Waals surface area contributed by atoms with E-state index in [-0.39, 0.29) is 0 Å². The zero-order valence-corrected chi connectivity index (χ0v) is 11.9. The Kier molecular flexibility index (Phi) is 3.44. The highest BCUT2D eigenvalue weighted by Gasteiger charge is 2.19. The van der Waals surface area contributed by atoms with Gasteiger partial charge in [-0.1, -0.05) is 0 Å². The first-order valence-corrected chi connectivity index (χ1v) is 7.29. The molecule has 1 aromatic rings. The van der Waals surface area contributed by atoms with Crippen LogP contribution in [0.4, 0.5) is 0 Å². The zero-order chi connectivity index (χ0) is 13.2. The number of hydrogen-bond acceptors (Lipinski definition) is 4. The molecule has 0 fully saturated rings. The van der Waals surface area contributed by atoms with Gasteiger partial charge in [0.1, 0.15) is 0 Å². The van der Waals surface area contributed by atoms with Crippen molar-refractivity contribution in [2.45, 2.75) is 38.6 Å². The van der Waals surface area contributed by atoms with Gasteiger partial charge in [0.2, 0.25) is 0 Å². The first-order valence-electron chi connectivity index (χ1n) is 7.29. The average Bonchev–Trinajstić information content (AvgIpc) is 2.74. The maximum absolute atomic E-state index is 4.66. The van der Waals surface area contributed by atoms with Crippen LogP contribution in [0.3, 0.4) is 0 Å². The van der Waals surface area contributed by atoms with Gasteiger partial charge in [-0.15, -0.1) is 0 Å². The molecule has 1 aliphatic heterocycles. The number of aryl methyl sites for hydroxylation is 2. The fraction of sp³-hybridized carbons (Fsp3) is 0.714. The van der Waals surface area contributed by atoms with Crippen LogP contribution in [-0.4, -0.2) is 40.8 Å². The Bertz CT molecular complexity index is 488. The summed E-state index contributed by atoms with van der Waals surface area (Å²) in [5, 5.41) is 8.14. The van der Waals surface area contributed by atoms with Crippen LogP contribution >= 0.6 is 0 Å². The molecule has 19 heavy (non-hydrogen) atoms. The molecule has 1 aromatic heterocycles. The monoisotopic (exact) mass is 261 g/mol. The molecule has 0 aromatic carbocycles. The lowest BCUT2D eigenvalue weighted by Crippen LogP contribution is -2.42. The number of aromatic nitrogens is 2. The Balaban J connectivity index is 1.73. The van der Waals surface area contributed by atoms with Gasteiger partial charge in [-0.2, -0.15) is 5.10 Å². The third-order valence-corrected chi connectivity index (χ3v) is 4.14. The quantitative estimate of drug-likeness (QED) is 0.866. The predicted octanol–water partition coefficient (Wildman–Crippen LogP) is 1.08. The Labute approximate surface area is 114 Å². The summed E-state index contributed by atoms with van der Waals surface area (Å²) in [4.78, 5) is 6.75. The fourth-order valence-corrected chi connectivity index (χ4v) is 3.04. The smallest absolute Gasteiger partial charge is 0.193 e. The number of nitrogens with zero attached hydrogens (tertiary/aromatic N) is 4. The second-order valence-corrected chi connectivity index (χ2v) is 5.54. The van der Waals surface area contributed by atoms with Crippen molar-refractivity contribution < 1.29 is 0 Å². The Hall–Kier alpha value is -1.52. The summed E-state index contributed by atoms with van der Waals surface area (Å²) in [6.07, 6.45) is 6.06. The molecule has 0 spiro atoms. The first kappa shape index (κ1) is 12.5. The largest absolute Gasteiger partial charge is 0.351 e. The molecule has 0 bridgehead atoms. The maximum Gasteiger partial charge on any atom is 0.193 e. The number of nitrogens with one attached hydrogen (secondary N) is 1. The minimum absolute atomic E-state index is 0.835. The number of rotatable bonds is 2. The second kappa shape index (κ2) is 5.23. The minimum atomic E-state index is 0.835. The van der Waals surface area contributed by atoms with Crippen LogP contribution in [0, 0.1) is 0 Å². The molecular formula is C14H23N5. The highest BCUT2D eigenvalue weighted by molar-refractivity contribution is 5.80. The van der Waals surface area contributed by atoms with Crippen molar-refractivity contribution in [2.75, 3.05) is 20.1 Å². The van der Waals surface area contributed by atoms with E-state index in [0.29, 0.717) is 0 Å². The fourth-order valence-electron chi connectivity index (χ4n) is 3.04. The van der Waals surface area contributed by atoms with E-state index in [0.717, 1.165) is 38.4 Å². The van der Waals surface area contributed by atoms with Gasteiger partial charge < -0.3 is 10.2 Å². The van der Waals surface area contributed by atoms with E-state index in [2.05, 4.69) is 34.4 Å². The topological polar surface area (TPSA) is 45.4 Å². The third-order valence-electron chi connectivity index (χ3n) is 4.14. The normalized spacial score (nSPS) is 19.1. The van der Waals surface area contributed by atoms with Crippen LogP contribution in [0.15, 0.2) is 4.99 Å². The van der Waals surface area contributed by atoms with E-state index in [1.165, 1.54) is 36.2 Å². The molecule has 2 aliphatic rings. The van der Waals surface area contributed by atoms with Gasteiger partial charge in [-0.3, -0.25) is 9.67 Å². The third kappa shape index (κ3) is 2.46. The lowest BCUT2D eigenvalue weighted by atomic mass is 9.96. The van der Waals surface area contributed by atoms with Crippen LogP contribution in [0.2, 0.25) is 0 Å². The average molecular weight is 261 g/mol. The van der Waals surface area contributed by atoms with Gasteiger partial charge >= 0.3 is 0 Å². The van der Waals surface area contributed by atoms with E-state index >= 15 is 0 Å². The van der Waals surface area contributed by atoms with Crippen molar-refractivity contribution in [3.05, 3.63) is 17.0 Å². The molecule has 3 rings (SSSR count). The number of hydrogen-bond donors (Lipinski definition) is 1. The number of guanidine groups is 1. The summed E-state index contributed by atoms with van der Waals surface area (Å²) >= 11 is 0. The van der Waals surface area contributed by atoms with Gasteiger partial charge in [-0.25, -0.2) is 0 Å². The van der Waals surface area contributed by atoms with Crippen molar-refractivity contribution in [1.29, 1.82) is 0 Å². The number of aliphatic imine (C=N–C) groups is 1. The zero-order valence-electron chi connectivity index (χ0n) is 11.9. The van der Waals surface area contributed by atoms with Crippen LogP contribution in [0.1, 0.15) is 36.2 Å². The Morgan fingerprint density at radius 2 is 2.00 bits per heavy atom. The molecule has 0 amide bonds. The van der Waals surface area contributed by atoms with E-state index in [1.807, 2.05) is 4.68 Å².